The van der Waals surface area contributed by atoms with Crippen LogP contribution in [0.2, 0.25) is 0 Å². The van der Waals surface area contributed by atoms with Gasteiger partial charge in [0, 0.05) is 37.1 Å². The lowest BCUT2D eigenvalue weighted by Crippen LogP contribution is -1.98. The second-order valence-electron chi connectivity index (χ2n) is 3.10. The second kappa shape index (κ2) is 7.54. The Bertz CT molecular complexity index is 281. The number of methoxy groups -OCH3 is 1. The van der Waals surface area contributed by atoms with Crippen LogP contribution in [0.25, 0.3) is 0 Å². The maximum atomic E-state index is 5.00. The monoisotopic (exact) mass is 226 g/mol. The molecule has 0 saturated heterocycles. The van der Waals surface area contributed by atoms with Crippen LogP contribution in [0.3, 0.4) is 0 Å². The Hall–Kier alpha value is -0.740. The Morgan fingerprint density at radius 3 is 3.13 bits per heavy atom. The first kappa shape index (κ1) is 12.3. The molecule has 0 aromatic carbocycles. The summed E-state index contributed by atoms with van der Waals surface area (Å²) < 4.78 is 5.00. The van der Waals surface area contributed by atoms with Gasteiger partial charge in [0.15, 0.2) is 0 Å². The summed E-state index contributed by atoms with van der Waals surface area (Å²) in [4.78, 5) is 5.49. The molecular formula is C11H18N2OS. The van der Waals surface area contributed by atoms with Crippen LogP contribution >= 0.6 is 11.8 Å². The lowest BCUT2D eigenvalue weighted by atomic mass is 10.4. The van der Waals surface area contributed by atoms with Gasteiger partial charge in [-0.2, -0.15) is 0 Å². The lowest BCUT2D eigenvalue weighted by molar-refractivity contribution is 0.200. The Morgan fingerprint density at radius 1 is 1.53 bits per heavy atom. The summed E-state index contributed by atoms with van der Waals surface area (Å²) in [5, 5.41) is 3.20. The van der Waals surface area contributed by atoms with Crippen LogP contribution < -0.4 is 5.32 Å². The summed E-state index contributed by atoms with van der Waals surface area (Å²) in [5.74, 6) is 2.04. The maximum absolute atomic E-state index is 5.00. The second-order valence-corrected chi connectivity index (χ2v) is 4.27. The molecule has 0 unspecified atom stereocenters. The smallest absolute Gasteiger partial charge is 0.126 e. The molecule has 1 rings (SSSR count). The number of hydrogen-bond acceptors (Lipinski definition) is 4. The molecule has 0 aliphatic heterocycles. The van der Waals surface area contributed by atoms with Gasteiger partial charge >= 0.3 is 0 Å². The summed E-state index contributed by atoms with van der Waals surface area (Å²) in [5.41, 5.74) is 0. The molecule has 1 N–H and O–H groups in total. The number of hydrogen-bond donors (Lipinski definition) is 1. The predicted molar refractivity (Wildman–Crippen MR) is 65.6 cm³/mol. The zero-order valence-electron chi connectivity index (χ0n) is 9.32. The zero-order valence-corrected chi connectivity index (χ0v) is 10.1. The van der Waals surface area contributed by atoms with E-state index < -0.39 is 0 Å². The van der Waals surface area contributed by atoms with Crippen LogP contribution in [0.1, 0.15) is 13.3 Å². The van der Waals surface area contributed by atoms with Gasteiger partial charge in [0.25, 0.3) is 0 Å². The minimum atomic E-state index is 0.831. The maximum Gasteiger partial charge on any atom is 0.126 e. The molecular weight excluding hydrogens is 208 g/mol. The van der Waals surface area contributed by atoms with E-state index in [1.807, 2.05) is 24.0 Å². The summed E-state index contributed by atoms with van der Waals surface area (Å²) in [7, 11) is 1.74. The molecule has 0 bridgehead atoms. The van der Waals surface area contributed by atoms with Crippen molar-refractivity contribution in [2.24, 2.45) is 0 Å². The Balaban J connectivity index is 2.36. The van der Waals surface area contributed by atoms with E-state index in [4.69, 9.17) is 4.74 Å². The topological polar surface area (TPSA) is 34.1 Å². The third-order valence-corrected chi connectivity index (χ3v) is 2.93. The van der Waals surface area contributed by atoms with Crippen molar-refractivity contribution in [3.8, 4) is 0 Å². The molecule has 1 heterocycles. The molecule has 0 aliphatic carbocycles. The van der Waals surface area contributed by atoms with E-state index in [0.717, 1.165) is 31.1 Å². The van der Waals surface area contributed by atoms with Crippen molar-refractivity contribution in [1.29, 1.82) is 0 Å². The molecule has 0 amide bonds. The molecule has 3 nitrogen and oxygen atoms in total. The fourth-order valence-electron chi connectivity index (χ4n) is 1.17. The summed E-state index contributed by atoms with van der Waals surface area (Å²) in [6.07, 6.45) is 2.93. The van der Waals surface area contributed by atoms with Crippen molar-refractivity contribution in [1.82, 2.24) is 4.98 Å². The van der Waals surface area contributed by atoms with Gasteiger partial charge in [0.05, 0.1) is 0 Å². The van der Waals surface area contributed by atoms with Crippen LogP contribution in [0.15, 0.2) is 23.2 Å². The number of nitrogens with one attached hydrogen (secondary N) is 1. The highest BCUT2D eigenvalue weighted by atomic mass is 32.2. The van der Waals surface area contributed by atoms with Gasteiger partial charge in [-0.25, -0.2) is 4.98 Å². The van der Waals surface area contributed by atoms with E-state index in [1.54, 1.807) is 7.11 Å². The van der Waals surface area contributed by atoms with Crippen molar-refractivity contribution in [2.75, 3.05) is 31.3 Å². The van der Waals surface area contributed by atoms with Crippen molar-refractivity contribution in [3.05, 3.63) is 18.3 Å². The zero-order chi connectivity index (χ0) is 10.9. The number of rotatable bonds is 7. The van der Waals surface area contributed by atoms with Crippen LogP contribution in [-0.2, 0) is 4.74 Å². The highest BCUT2D eigenvalue weighted by Crippen LogP contribution is 2.20. The molecule has 0 atom stereocenters. The molecule has 0 radical (unpaired) electrons. The summed E-state index contributed by atoms with van der Waals surface area (Å²) >= 11 is 1.84. The largest absolute Gasteiger partial charge is 0.385 e. The van der Waals surface area contributed by atoms with E-state index in [9.17, 15) is 0 Å². The minimum Gasteiger partial charge on any atom is -0.385 e. The van der Waals surface area contributed by atoms with Crippen molar-refractivity contribution < 1.29 is 4.74 Å². The summed E-state index contributed by atoms with van der Waals surface area (Å²) in [6, 6.07) is 4.12. The molecule has 0 spiro atoms. The standard InChI is InChI=1S/C11H18N2OS/c1-3-12-11-9-10(5-6-13-11)15-8-4-7-14-2/h5-6,9H,3-4,7-8H2,1-2H3,(H,12,13). The van der Waals surface area contributed by atoms with Gasteiger partial charge < -0.3 is 10.1 Å². The van der Waals surface area contributed by atoms with Gasteiger partial charge in [-0.05, 0) is 25.5 Å². The van der Waals surface area contributed by atoms with E-state index >= 15 is 0 Å². The Kier molecular flexibility index (Phi) is 6.20. The fourth-order valence-corrected chi connectivity index (χ4v) is 2.02. The Labute approximate surface area is 95.6 Å². The number of thioether (sulfide) groups is 1. The number of aromatic nitrogens is 1. The molecule has 84 valence electrons. The highest BCUT2D eigenvalue weighted by molar-refractivity contribution is 7.99. The first-order valence-corrected chi connectivity index (χ1v) is 6.17. The number of ether oxygens (including phenoxy) is 1. The third-order valence-electron chi connectivity index (χ3n) is 1.85. The molecule has 15 heavy (non-hydrogen) atoms. The van der Waals surface area contributed by atoms with Crippen LogP contribution in [-0.4, -0.2) is 31.0 Å². The molecule has 1 aromatic rings. The van der Waals surface area contributed by atoms with Crippen molar-refractivity contribution in [3.63, 3.8) is 0 Å². The average Bonchev–Trinajstić information content (AvgIpc) is 2.26. The van der Waals surface area contributed by atoms with Gasteiger partial charge in [-0.1, -0.05) is 0 Å². The molecule has 0 aliphatic rings. The molecule has 1 aromatic heterocycles. The van der Waals surface area contributed by atoms with Crippen LogP contribution in [0.4, 0.5) is 5.82 Å². The predicted octanol–water partition coefficient (Wildman–Crippen LogP) is 2.64. The molecule has 0 saturated carbocycles. The molecule has 0 fully saturated rings. The van der Waals surface area contributed by atoms with Crippen molar-refractivity contribution in [2.45, 2.75) is 18.2 Å². The first-order chi connectivity index (χ1) is 7.36. The van der Waals surface area contributed by atoms with Gasteiger partial charge in [0.1, 0.15) is 5.82 Å². The number of nitrogens with zero attached hydrogens (tertiary/aromatic N) is 1. The lowest BCUT2D eigenvalue weighted by Gasteiger charge is -2.05. The Morgan fingerprint density at radius 2 is 2.40 bits per heavy atom. The van der Waals surface area contributed by atoms with E-state index in [2.05, 4.69) is 23.3 Å². The van der Waals surface area contributed by atoms with Gasteiger partial charge in [-0.15, -0.1) is 11.8 Å². The van der Waals surface area contributed by atoms with Crippen LogP contribution in [0.5, 0.6) is 0 Å². The average molecular weight is 226 g/mol. The van der Waals surface area contributed by atoms with E-state index in [-0.39, 0.29) is 0 Å². The van der Waals surface area contributed by atoms with Gasteiger partial charge in [0.2, 0.25) is 0 Å². The van der Waals surface area contributed by atoms with E-state index in [0.29, 0.717) is 0 Å². The molecule has 4 heteroatoms. The number of anilines is 1. The van der Waals surface area contributed by atoms with E-state index in [1.165, 1.54) is 4.90 Å². The summed E-state index contributed by atoms with van der Waals surface area (Å²) in [6.45, 7) is 3.81. The first-order valence-electron chi connectivity index (χ1n) is 5.18. The fraction of sp³-hybridized carbons (Fsp3) is 0.545. The van der Waals surface area contributed by atoms with Crippen molar-refractivity contribution >= 4 is 17.6 Å². The number of pyridine rings is 1. The van der Waals surface area contributed by atoms with Gasteiger partial charge in [-0.3, -0.25) is 0 Å². The SMILES string of the molecule is CCNc1cc(SCCCOC)ccn1. The normalized spacial score (nSPS) is 10.3. The quantitative estimate of drug-likeness (QED) is 0.572. The minimum absolute atomic E-state index is 0.831. The van der Waals surface area contributed by atoms with Crippen LogP contribution in [0, 0.1) is 0 Å². The third kappa shape index (κ3) is 5.04. The highest BCUT2D eigenvalue weighted by Gasteiger charge is 1.96.